The van der Waals surface area contributed by atoms with Gasteiger partial charge in [-0.25, -0.2) is 14.4 Å². The molecule has 5 nitrogen and oxygen atoms in total. The molecule has 124 valence electrons. The maximum atomic E-state index is 13.8. The van der Waals surface area contributed by atoms with Crippen molar-refractivity contribution in [3.05, 3.63) is 58.1 Å². The number of thiazole rings is 1. The fourth-order valence-electron chi connectivity index (χ4n) is 2.25. The van der Waals surface area contributed by atoms with Crippen molar-refractivity contribution < 1.29 is 13.6 Å². The standard InChI is InChI=1S/C17H16FN3O2S/c1-11-15(8-16(22)19-7-6-12-9-24-10-20-12)21-17(23-11)13-4-2-3-5-14(13)18/h2-5,9-10H,6-8H2,1H3,(H,19,22). The van der Waals surface area contributed by atoms with Crippen molar-refractivity contribution >= 4 is 17.2 Å². The molecule has 1 aromatic carbocycles. The summed E-state index contributed by atoms with van der Waals surface area (Å²) >= 11 is 1.53. The van der Waals surface area contributed by atoms with Crippen LogP contribution in [0.3, 0.4) is 0 Å². The van der Waals surface area contributed by atoms with Crippen LogP contribution in [0.5, 0.6) is 0 Å². The molecular formula is C17H16FN3O2S. The fourth-order valence-corrected chi connectivity index (χ4v) is 2.84. The van der Waals surface area contributed by atoms with Crippen LogP contribution in [-0.4, -0.2) is 22.4 Å². The van der Waals surface area contributed by atoms with E-state index in [1.807, 2.05) is 5.38 Å². The number of aryl methyl sites for hydroxylation is 1. The lowest BCUT2D eigenvalue weighted by atomic mass is 10.2. The van der Waals surface area contributed by atoms with Gasteiger partial charge in [0.05, 0.1) is 28.9 Å². The summed E-state index contributed by atoms with van der Waals surface area (Å²) in [6, 6.07) is 6.26. The van der Waals surface area contributed by atoms with Gasteiger partial charge in [-0.2, -0.15) is 0 Å². The Morgan fingerprint density at radius 2 is 2.21 bits per heavy atom. The van der Waals surface area contributed by atoms with Crippen LogP contribution in [-0.2, 0) is 17.6 Å². The molecule has 0 saturated carbocycles. The smallest absolute Gasteiger partial charge is 0.229 e. The number of halogens is 1. The summed E-state index contributed by atoms with van der Waals surface area (Å²) in [6.07, 6.45) is 0.786. The number of nitrogens with zero attached hydrogens (tertiary/aromatic N) is 2. The molecule has 0 unspecified atom stereocenters. The molecule has 0 bridgehead atoms. The molecule has 24 heavy (non-hydrogen) atoms. The number of hydrogen-bond donors (Lipinski definition) is 1. The maximum Gasteiger partial charge on any atom is 0.229 e. The zero-order valence-corrected chi connectivity index (χ0v) is 13.9. The largest absolute Gasteiger partial charge is 0.441 e. The van der Waals surface area contributed by atoms with E-state index >= 15 is 0 Å². The van der Waals surface area contributed by atoms with E-state index in [0.717, 1.165) is 5.69 Å². The Morgan fingerprint density at radius 1 is 1.38 bits per heavy atom. The second-order valence-corrected chi connectivity index (χ2v) is 5.98. The van der Waals surface area contributed by atoms with E-state index in [-0.39, 0.29) is 23.8 Å². The van der Waals surface area contributed by atoms with Crippen molar-refractivity contribution in [1.82, 2.24) is 15.3 Å². The van der Waals surface area contributed by atoms with Gasteiger partial charge in [-0.15, -0.1) is 11.3 Å². The molecule has 0 aliphatic carbocycles. The molecule has 1 N–H and O–H groups in total. The Hall–Kier alpha value is -2.54. The van der Waals surface area contributed by atoms with Crippen molar-refractivity contribution in [3.8, 4) is 11.5 Å². The third-order valence-corrected chi connectivity index (χ3v) is 4.15. The molecule has 0 spiro atoms. The average Bonchev–Trinajstić information content (AvgIpc) is 3.18. The number of carbonyl (C=O) groups is 1. The summed E-state index contributed by atoms with van der Waals surface area (Å²) in [5.74, 6) is 0.151. The van der Waals surface area contributed by atoms with E-state index in [0.29, 0.717) is 24.4 Å². The molecule has 0 atom stereocenters. The van der Waals surface area contributed by atoms with Gasteiger partial charge in [0.2, 0.25) is 11.8 Å². The predicted molar refractivity (Wildman–Crippen MR) is 89.2 cm³/mol. The first-order valence-corrected chi connectivity index (χ1v) is 8.42. The quantitative estimate of drug-likeness (QED) is 0.745. The minimum absolute atomic E-state index is 0.0981. The molecule has 0 aliphatic rings. The van der Waals surface area contributed by atoms with Gasteiger partial charge in [-0.1, -0.05) is 12.1 Å². The van der Waals surface area contributed by atoms with Crippen molar-refractivity contribution in [2.24, 2.45) is 0 Å². The van der Waals surface area contributed by atoms with Crippen molar-refractivity contribution in [2.45, 2.75) is 19.8 Å². The molecule has 0 saturated heterocycles. The van der Waals surface area contributed by atoms with Gasteiger partial charge in [-0.3, -0.25) is 4.79 Å². The zero-order valence-electron chi connectivity index (χ0n) is 13.1. The Kier molecular flexibility index (Phi) is 5.00. The number of benzene rings is 1. The summed E-state index contributed by atoms with van der Waals surface area (Å²) in [4.78, 5) is 20.4. The SMILES string of the molecule is Cc1oc(-c2ccccc2F)nc1CC(=O)NCCc1cscn1. The number of oxazole rings is 1. The van der Waals surface area contributed by atoms with Crippen molar-refractivity contribution in [3.63, 3.8) is 0 Å². The van der Waals surface area contributed by atoms with Crippen LogP contribution in [0.25, 0.3) is 11.5 Å². The average molecular weight is 345 g/mol. The van der Waals surface area contributed by atoms with Crippen LogP contribution in [0, 0.1) is 12.7 Å². The van der Waals surface area contributed by atoms with E-state index < -0.39 is 5.82 Å². The summed E-state index contributed by atoms with van der Waals surface area (Å²) in [5, 5.41) is 4.78. The van der Waals surface area contributed by atoms with Crippen molar-refractivity contribution in [1.29, 1.82) is 0 Å². The van der Waals surface area contributed by atoms with Gasteiger partial charge < -0.3 is 9.73 Å². The number of nitrogens with one attached hydrogen (secondary N) is 1. The number of aromatic nitrogens is 2. The molecule has 0 aliphatic heterocycles. The summed E-state index contributed by atoms with van der Waals surface area (Å²) in [5.41, 5.74) is 3.52. The molecule has 2 heterocycles. The van der Waals surface area contributed by atoms with Crippen LogP contribution in [0.1, 0.15) is 17.1 Å². The molecule has 3 rings (SSSR count). The first-order valence-electron chi connectivity index (χ1n) is 7.48. The number of amides is 1. The molecular weight excluding hydrogens is 329 g/mol. The Balaban J connectivity index is 1.61. The topological polar surface area (TPSA) is 68.0 Å². The lowest BCUT2D eigenvalue weighted by molar-refractivity contribution is -0.120. The van der Waals surface area contributed by atoms with Crippen LogP contribution < -0.4 is 5.32 Å². The first-order chi connectivity index (χ1) is 11.6. The predicted octanol–water partition coefficient (Wildman–Crippen LogP) is 3.15. The third-order valence-electron chi connectivity index (χ3n) is 3.51. The number of hydrogen-bond acceptors (Lipinski definition) is 5. The summed E-state index contributed by atoms with van der Waals surface area (Å²) in [7, 11) is 0. The monoisotopic (exact) mass is 345 g/mol. The minimum atomic E-state index is -0.405. The second kappa shape index (κ2) is 7.35. The lowest BCUT2D eigenvalue weighted by Crippen LogP contribution is -2.27. The van der Waals surface area contributed by atoms with Gasteiger partial charge in [0.25, 0.3) is 0 Å². The van der Waals surface area contributed by atoms with Gasteiger partial charge in [0.1, 0.15) is 11.6 Å². The highest BCUT2D eigenvalue weighted by Crippen LogP contribution is 2.24. The van der Waals surface area contributed by atoms with E-state index in [2.05, 4.69) is 15.3 Å². The summed E-state index contributed by atoms with van der Waals surface area (Å²) in [6.45, 7) is 2.23. The Morgan fingerprint density at radius 3 is 2.96 bits per heavy atom. The normalized spacial score (nSPS) is 10.8. The Bertz CT molecular complexity index is 830. The lowest BCUT2D eigenvalue weighted by Gasteiger charge is -2.02. The molecule has 1 amide bonds. The highest BCUT2D eigenvalue weighted by atomic mass is 32.1. The van der Waals surface area contributed by atoms with Crippen molar-refractivity contribution in [2.75, 3.05) is 6.54 Å². The van der Waals surface area contributed by atoms with Gasteiger partial charge in [-0.05, 0) is 19.1 Å². The second-order valence-electron chi connectivity index (χ2n) is 5.26. The van der Waals surface area contributed by atoms with E-state index in [1.165, 1.54) is 17.4 Å². The van der Waals surface area contributed by atoms with E-state index in [9.17, 15) is 9.18 Å². The third kappa shape index (κ3) is 3.86. The van der Waals surface area contributed by atoms with E-state index in [1.54, 1.807) is 30.6 Å². The van der Waals surface area contributed by atoms with Gasteiger partial charge in [0, 0.05) is 18.3 Å². The number of carbonyl (C=O) groups excluding carboxylic acids is 1. The van der Waals surface area contributed by atoms with Crippen LogP contribution >= 0.6 is 11.3 Å². The molecule has 7 heteroatoms. The highest BCUT2D eigenvalue weighted by Gasteiger charge is 2.16. The molecule has 3 aromatic rings. The van der Waals surface area contributed by atoms with Crippen LogP contribution in [0.2, 0.25) is 0 Å². The van der Waals surface area contributed by atoms with Gasteiger partial charge in [0.15, 0.2) is 0 Å². The highest BCUT2D eigenvalue weighted by molar-refractivity contribution is 7.07. The first kappa shape index (κ1) is 16.3. The molecule has 0 radical (unpaired) electrons. The summed E-state index contributed by atoms with van der Waals surface area (Å²) < 4.78 is 19.3. The molecule has 2 aromatic heterocycles. The van der Waals surface area contributed by atoms with E-state index in [4.69, 9.17) is 4.42 Å². The fraction of sp³-hybridized carbons (Fsp3) is 0.235. The van der Waals surface area contributed by atoms with Crippen LogP contribution in [0.4, 0.5) is 4.39 Å². The minimum Gasteiger partial charge on any atom is -0.441 e. The maximum absolute atomic E-state index is 13.8. The van der Waals surface area contributed by atoms with Gasteiger partial charge >= 0.3 is 0 Å². The molecule has 0 fully saturated rings. The Labute approximate surface area is 142 Å². The van der Waals surface area contributed by atoms with Crippen LogP contribution in [0.15, 0.2) is 39.6 Å². The zero-order chi connectivity index (χ0) is 16.9. The number of rotatable bonds is 6.